The standard InChI is InChI=1S/C51H39N3O2S/c52-50(32-15-5-2-6-16-32)54-51(53-30-31-13-3-1-4-14-31)43-25-11-20-38-37-19-10-21-39(46(37)56-47(38)43)40-22-12-24-42-41-23-9-18-34(48(41)57-49(40)42)33-27-28-36-35-17-7-8-26-44(35)55-45(36)29-33/h1-29,36,45,50-51,53-54H,30,52H2. The molecule has 4 N–H and O–H groups in total. The van der Waals surface area contributed by atoms with Crippen molar-refractivity contribution in [1.82, 2.24) is 10.6 Å². The number of ether oxygens (including phenoxy) is 1. The number of furan rings is 1. The summed E-state index contributed by atoms with van der Waals surface area (Å²) in [5, 5.41) is 12.1. The van der Waals surface area contributed by atoms with Gasteiger partial charge in [0, 0.05) is 65.7 Å². The molecule has 3 heterocycles. The largest absolute Gasteiger partial charge is 0.485 e. The molecule has 2 aliphatic rings. The molecule has 2 aromatic heterocycles. The lowest BCUT2D eigenvalue weighted by Gasteiger charge is -2.25. The van der Waals surface area contributed by atoms with Crippen molar-refractivity contribution in [2.75, 3.05) is 0 Å². The average molecular weight is 758 g/mol. The first kappa shape index (κ1) is 34.0. The van der Waals surface area contributed by atoms with Crippen LogP contribution in [0.1, 0.15) is 46.1 Å². The maximum Gasteiger partial charge on any atom is 0.143 e. The Balaban J connectivity index is 1.01. The van der Waals surface area contributed by atoms with Gasteiger partial charge in [-0.1, -0.05) is 164 Å². The highest BCUT2D eigenvalue weighted by Crippen LogP contribution is 2.48. The van der Waals surface area contributed by atoms with E-state index in [9.17, 15) is 0 Å². The summed E-state index contributed by atoms with van der Waals surface area (Å²) >= 11 is 1.86. The van der Waals surface area contributed by atoms with Gasteiger partial charge in [0.25, 0.3) is 0 Å². The Morgan fingerprint density at radius 1 is 0.614 bits per heavy atom. The summed E-state index contributed by atoms with van der Waals surface area (Å²) in [6.07, 6.45) is 6.21. The molecule has 5 nitrogen and oxygen atoms in total. The molecule has 0 spiro atoms. The van der Waals surface area contributed by atoms with Gasteiger partial charge in [0.1, 0.15) is 23.0 Å². The molecule has 0 fully saturated rings. The average Bonchev–Trinajstić information content (AvgIpc) is 3.97. The number of hydrogen-bond donors (Lipinski definition) is 3. The number of allylic oxidation sites excluding steroid dienone is 2. The second kappa shape index (κ2) is 14.0. The third-order valence-corrected chi connectivity index (χ3v) is 12.9. The van der Waals surface area contributed by atoms with Crippen molar-refractivity contribution < 1.29 is 9.15 Å². The van der Waals surface area contributed by atoms with E-state index in [1.165, 1.54) is 42.4 Å². The second-order valence-electron chi connectivity index (χ2n) is 15.0. The summed E-state index contributed by atoms with van der Waals surface area (Å²) in [4.78, 5) is 0. The number of benzene rings is 7. The summed E-state index contributed by atoms with van der Waals surface area (Å²) in [6, 6.07) is 55.3. The predicted octanol–water partition coefficient (Wildman–Crippen LogP) is 12.2. The molecule has 0 bridgehead atoms. The molecule has 57 heavy (non-hydrogen) atoms. The summed E-state index contributed by atoms with van der Waals surface area (Å²) < 4.78 is 16.0. The Labute approximate surface area is 334 Å². The number of thiophene rings is 1. The van der Waals surface area contributed by atoms with Crippen molar-refractivity contribution in [3.63, 3.8) is 0 Å². The van der Waals surface area contributed by atoms with E-state index in [1.807, 2.05) is 41.7 Å². The van der Waals surface area contributed by atoms with Gasteiger partial charge in [-0.15, -0.1) is 11.3 Å². The number of nitrogens with one attached hydrogen (secondary N) is 2. The molecule has 0 amide bonds. The molecular formula is C51H39N3O2S. The smallest absolute Gasteiger partial charge is 0.143 e. The predicted molar refractivity (Wildman–Crippen MR) is 235 cm³/mol. The number of hydrogen-bond acceptors (Lipinski definition) is 6. The van der Waals surface area contributed by atoms with E-state index in [-0.39, 0.29) is 18.2 Å². The van der Waals surface area contributed by atoms with Crippen LogP contribution in [0.5, 0.6) is 5.75 Å². The van der Waals surface area contributed by atoms with Crippen LogP contribution in [0.2, 0.25) is 0 Å². The third-order valence-electron chi connectivity index (χ3n) is 11.6. The molecular weight excluding hydrogens is 719 g/mol. The minimum absolute atomic E-state index is 0.00409. The lowest BCUT2D eigenvalue weighted by molar-refractivity contribution is 0.269. The molecule has 276 valence electrons. The van der Waals surface area contributed by atoms with E-state index < -0.39 is 6.17 Å². The fourth-order valence-corrected chi connectivity index (χ4v) is 10.1. The zero-order valence-corrected chi connectivity index (χ0v) is 31.9. The molecule has 9 aromatic rings. The Kier molecular flexibility index (Phi) is 8.37. The fraction of sp³-hybridized carbons (Fsp3) is 0.0980. The van der Waals surface area contributed by atoms with Crippen LogP contribution in [0.15, 0.2) is 180 Å². The van der Waals surface area contributed by atoms with Crippen LogP contribution in [0.3, 0.4) is 0 Å². The zero-order chi connectivity index (χ0) is 37.9. The number of nitrogens with two attached hydrogens (primary N) is 1. The van der Waals surface area contributed by atoms with Crippen molar-refractivity contribution in [3.05, 3.63) is 204 Å². The molecule has 11 rings (SSSR count). The van der Waals surface area contributed by atoms with Crippen LogP contribution in [0.25, 0.3) is 58.8 Å². The molecule has 0 saturated heterocycles. The van der Waals surface area contributed by atoms with Gasteiger partial charge in [0.2, 0.25) is 0 Å². The van der Waals surface area contributed by atoms with Crippen LogP contribution in [-0.4, -0.2) is 6.10 Å². The van der Waals surface area contributed by atoms with E-state index in [1.54, 1.807) is 0 Å². The topological polar surface area (TPSA) is 72.5 Å². The zero-order valence-electron chi connectivity index (χ0n) is 31.1. The van der Waals surface area contributed by atoms with Gasteiger partial charge in [-0.2, -0.15) is 0 Å². The maximum atomic E-state index is 7.05. The number of rotatable bonds is 9. The third kappa shape index (κ3) is 5.88. The van der Waals surface area contributed by atoms with Crippen molar-refractivity contribution in [1.29, 1.82) is 0 Å². The van der Waals surface area contributed by atoms with Gasteiger partial charge in [-0.05, 0) is 34.4 Å². The quantitative estimate of drug-likeness (QED) is 0.128. The van der Waals surface area contributed by atoms with E-state index in [0.717, 1.165) is 49.9 Å². The first-order valence-corrected chi connectivity index (χ1v) is 20.4. The van der Waals surface area contributed by atoms with Gasteiger partial charge >= 0.3 is 0 Å². The molecule has 4 unspecified atom stereocenters. The molecule has 0 saturated carbocycles. The van der Waals surface area contributed by atoms with E-state index in [2.05, 4.69) is 156 Å². The lowest BCUT2D eigenvalue weighted by atomic mass is 9.87. The van der Waals surface area contributed by atoms with Gasteiger partial charge in [-0.25, -0.2) is 0 Å². The summed E-state index contributed by atoms with van der Waals surface area (Å²) in [5.74, 6) is 1.23. The van der Waals surface area contributed by atoms with Crippen molar-refractivity contribution in [2.45, 2.75) is 30.9 Å². The highest BCUT2D eigenvalue weighted by atomic mass is 32.1. The Bertz CT molecular complexity index is 3020. The number of para-hydroxylation sites is 3. The van der Waals surface area contributed by atoms with Gasteiger partial charge < -0.3 is 14.9 Å². The van der Waals surface area contributed by atoms with Crippen molar-refractivity contribution >= 4 is 59.0 Å². The van der Waals surface area contributed by atoms with Crippen molar-refractivity contribution in [3.8, 4) is 16.9 Å². The minimum Gasteiger partial charge on any atom is -0.485 e. The van der Waals surface area contributed by atoms with Crippen LogP contribution in [0.4, 0.5) is 0 Å². The summed E-state index contributed by atoms with van der Waals surface area (Å²) in [6.45, 7) is 0.659. The summed E-state index contributed by atoms with van der Waals surface area (Å²) in [7, 11) is 0. The Morgan fingerprint density at radius 3 is 2.07 bits per heavy atom. The summed E-state index contributed by atoms with van der Waals surface area (Å²) in [5.41, 5.74) is 17.7. The molecule has 6 heteroatoms. The first-order valence-electron chi connectivity index (χ1n) is 19.6. The van der Waals surface area contributed by atoms with E-state index in [4.69, 9.17) is 14.9 Å². The maximum absolute atomic E-state index is 7.05. The molecule has 4 atom stereocenters. The van der Waals surface area contributed by atoms with Gasteiger partial charge in [0.05, 0.1) is 12.3 Å². The van der Waals surface area contributed by atoms with Gasteiger partial charge in [-0.3, -0.25) is 10.6 Å². The van der Waals surface area contributed by atoms with Crippen LogP contribution >= 0.6 is 11.3 Å². The lowest BCUT2D eigenvalue weighted by Crippen LogP contribution is -2.39. The molecule has 0 radical (unpaired) electrons. The SMILES string of the molecule is NC(NC(NCc1ccccc1)c1cccc2c1oc1c(-c3cccc4c3sc3c(C5=CC6Oc7ccccc7C6C=C5)cccc34)cccc12)c1ccccc1. The van der Waals surface area contributed by atoms with Gasteiger partial charge in [0.15, 0.2) is 0 Å². The molecule has 1 aliphatic heterocycles. The highest BCUT2D eigenvalue weighted by molar-refractivity contribution is 7.26. The molecule has 7 aromatic carbocycles. The Morgan fingerprint density at radius 2 is 1.26 bits per heavy atom. The van der Waals surface area contributed by atoms with Crippen LogP contribution in [0, 0.1) is 0 Å². The molecule has 1 aliphatic carbocycles. The van der Waals surface area contributed by atoms with E-state index in [0.29, 0.717) is 6.54 Å². The normalized spacial score (nSPS) is 17.1. The van der Waals surface area contributed by atoms with Crippen LogP contribution < -0.4 is 21.1 Å². The minimum atomic E-state index is -0.395. The Hall–Kier alpha value is -6.28. The van der Waals surface area contributed by atoms with Crippen molar-refractivity contribution in [2.24, 2.45) is 5.73 Å². The first-order chi connectivity index (χ1) is 28.2. The number of fused-ring (bicyclic) bond motifs is 9. The highest BCUT2D eigenvalue weighted by Gasteiger charge is 2.33. The fourth-order valence-electron chi connectivity index (χ4n) is 8.78. The monoisotopic (exact) mass is 757 g/mol. The second-order valence-corrected chi connectivity index (χ2v) is 16.0. The van der Waals surface area contributed by atoms with Crippen LogP contribution in [-0.2, 0) is 6.54 Å². The van der Waals surface area contributed by atoms with E-state index >= 15 is 0 Å².